The highest BCUT2D eigenvalue weighted by molar-refractivity contribution is 7.17. The molecule has 1 atom stereocenters. The number of fused-ring (bicyclic) bond motifs is 1. The zero-order valence-corrected chi connectivity index (χ0v) is 21.2. The van der Waals surface area contributed by atoms with E-state index in [0.29, 0.717) is 17.2 Å². The number of aromatic nitrogens is 1. The first-order chi connectivity index (χ1) is 17.5. The van der Waals surface area contributed by atoms with Gasteiger partial charge in [0.25, 0.3) is 6.47 Å². The lowest BCUT2D eigenvalue weighted by molar-refractivity contribution is -0.120. The molecule has 0 saturated heterocycles. The van der Waals surface area contributed by atoms with Gasteiger partial charge in [-0.3, -0.25) is 10.1 Å². The molecule has 1 N–H and O–H groups in total. The number of hydrogen-bond donors (Lipinski definition) is 1. The van der Waals surface area contributed by atoms with Crippen LogP contribution in [-0.2, 0) is 9.53 Å². The van der Waals surface area contributed by atoms with Crippen LogP contribution in [0.2, 0.25) is 0 Å². The highest BCUT2D eigenvalue weighted by atomic mass is 32.1. The first kappa shape index (κ1) is 23.7. The van der Waals surface area contributed by atoms with Crippen molar-refractivity contribution in [1.82, 2.24) is 4.37 Å². The van der Waals surface area contributed by atoms with Gasteiger partial charge in [0.2, 0.25) is 0 Å². The quantitative estimate of drug-likeness (QED) is 0.224. The predicted molar refractivity (Wildman–Crippen MR) is 145 cm³/mol. The second-order valence-electron chi connectivity index (χ2n) is 8.16. The summed E-state index contributed by atoms with van der Waals surface area (Å²) < 4.78 is 15.0. The zero-order valence-electron chi connectivity index (χ0n) is 19.6. The molecular formula is C28H22N2O4S2. The fraction of sp³-hybridized carbons (Fsp3) is 0.107. The molecule has 0 bridgehead atoms. The Morgan fingerprint density at radius 1 is 0.972 bits per heavy atom. The van der Waals surface area contributed by atoms with Gasteiger partial charge in [-0.2, -0.15) is 4.37 Å². The topological polar surface area (TPSA) is 77.5 Å². The Morgan fingerprint density at radius 3 is 2.44 bits per heavy atom. The van der Waals surface area contributed by atoms with Crippen LogP contribution in [0.4, 0.5) is 10.5 Å². The average molecular weight is 515 g/mol. The van der Waals surface area contributed by atoms with Gasteiger partial charge in [-0.15, -0.1) is 0 Å². The Morgan fingerprint density at radius 2 is 1.69 bits per heavy atom. The Hall–Kier alpha value is -4.01. The van der Waals surface area contributed by atoms with Crippen LogP contribution in [0.5, 0.6) is 5.06 Å². The summed E-state index contributed by atoms with van der Waals surface area (Å²) in [5, 5.41) is 5.61. The summed E-state index contributed by atoms with van der Waals surface area (Å²) in [6.07, 6.45) is -0.893. The molecule has 0 aliphatic heterocycles. The van der Waals surface area contributed by atoms with Gasteiger partial charge in [0, 0.05) is 4.88 Å². The lowest BCUT2D eigenvalue weighted by Gasteiger charge is -2.15. The van der Waals surface area contributed by atoms with Crippen LogP contribution in [0.15, 0.2) is 78.9 Å². The van der Waals surface area contributed by atoms with Gasteiger partial charge in [0.05, 0.1) is 16.3 Å². The van der Waals surface area contributed by atoms with Gasteiger partial charge in [0.1, 0.15) is 6.10 Å². The summed E-state index contributed by atoms with van der Waals surface area (Å²) in [6, 6.07) is 25.7. The molecule has 180 valence electrons. The largest absolute Gasteiger partial charge is 0.441 e. The third kappa shape index (κ3) is 5.00. The number of hydrogen-bond acceptors (Lipinski definition) is 7. The molecule has 0 radical (unpaired) electrons. The molecule has 3 aromatic carbocycles. The number of ether oxygens (including phenoxy) is 2. The van der Waals surface area contributed by atoms with E-state index in [0.717, 1.165) is 42.9 Å². The van der Waals surface area contributed by atoms with Crippen molar-refractivity contribution in [2.24, 2.45) is 0 Å². The maximum absolute atomic E-state index is 12.7. The van der Waals surface area contributed by atoms with E-state index < -0.39 is 6.09 Å². The van der Waals surface area contributed by atoms with Crippen molar-refractivity contribution < 1.29 is 19.1 Å². The van der Waals surface area contributed by atoms with Crippen LogP contribution in [-0.4, -0.2) is 16.9 Å². The normalized spacial score (nSPS) is 11.7. The van der Waals surface area contributed by atoms with Crippen molar-refractivity contribution >= 4 is 51.9 Å². The van der Waals surface area contributed by atoms with E-state index in [4.69, 9.17) is 9.47 Å². The second kappa shape index (κ2) is 10.3. The Labute approximate surface area is 216 Å². The van der Waals surface area contributed by atoms with Crippen LogP contribution >= 0.6 is 22.9 Å². The maximum Gasteiger partial charge on any atom is 0.412 e. The number of rotatable bonds is 7. The minimum atomic E-state index is -0.518. The monoisotopic (exact) mass is 514 g/mol. The number of nitrogens with zero attached hydrogens (tertiary/aromatic N) is 1. The number of carbonyl (C=O) groups is 2. The fourth-order valence-corrected chi connectivity index (χ4v) is 5.59. The Balaban J connectivity index is 1.37. The van der Waals surface area contributed by atoms with E-state index in [2.05, 4.69) is 34.0 Å². The summed E-state index contributed by atoms with van der Waals surface area (Å²) in [5.74, 6) is 0. The Bertz CT molecular complexity index is 1540. The van der Waals surface area contributed by atoms with Crippen molar-refractivity contribution in [2.75, 3.05) is 5.32 Å². The van der Waals surface area contributed by atoms with Gasteiger partial charge in [-0.1, -0.05) is 65.9 Å². The number of aryl methyl sites for hydroxylation is 1. The summed E-state index contributed by atoms with van der Waals surface area (Å²) in [5.41, 5.74) is 4.33. The van der Waals surface area contributed by atoms with Crippen LogP contribution < -0.4 is 10.1 Å². The summed E-state index contributed by atoms with van der Waals surface area (Å²) >= 11 is 2.76. The molecule has 5 aromatic rings. The number of amides is 1. The van der Waals surface area contributed by atoms with Crippen molar-refractivity contribution in [3.8, 4) is 25.9 Å². The van der Waals surface area contributed by atoms with Crippen molar-refractivity contribution in [3.05, 3.63) is 90.1 Å². The SMILES string of the molecule is Cc1nsc(-c2ccc3cc(-c4ccc(OC=O)s4)ccc3c2)c1NC(=O)OC(C)c1ccccc1. The van der Waals surface area contributed by atoms with E-state index in [9.17, 15) is 9.59 Å². The molecule has 5 rings (SSSR count). The van der Waals surface area contributed by atoms with E-state index in [1.54, 1.807) is 6.07 Å². The van der Waals surface area contributed by atoms with Gasteiger partial charge in [-0.25, -0.2) is 4.79 Å². The van der Waals surface area contributed by atoms with E-state index in [1.165, 1.54) is 22.9 Å². The number of carbonyl (C=O) groups excluding carboxylic acids is 2. The van der Waals surface area contributed by atoms with Gasteiger partial charge >= 0.3 is 6.09 Å². The highest BCUT2D eigenvalue weighted by Crippen LogP contribution is 2.38. The smallest absolute Gasteiger partial charge is 0.412 e. The predicted octanol–water partition coefficient (Wildman–Crippen LogP) is 7.85. The van der Waals surface area contributed by atoms with Gasteiger partial charge in [-0.05, 0) is 77.1 Å². The molecule has 1 amide bonds. The molecule has 2 aromatic heterocycles. The summed E-state index contributed by atoms with van der Waals surface area (Å²) in [6.45, 7) is 4.15. The molecule has 8 heteroatoms. The molecular weight excluding hydrogens is 492 g/mol. The molecule has 6 nitrogen and oxygen atoms in total. The van der Waals surface area contributed by atoms with Crippen molar-refractivity contribution in [3.63, 3.8) is 0 Å². The van der Waals surface area contributed by atoms with Crippen molar-refractivity contribution in [2.45, 2.75) is 20.0 Å². The van der Waals surface area contributed by atoms with Crippen LogP contribution in [0.25, 0.3) is 31.7 Å². The first-order valence-corrected chi connectivity index (χ1v) is 12.8. The van der Waals surface area contributed by atoms with Crippen molar-refractivity contribution in [1.29, 1.82) is 0 Å². The number of thiophene rings is 1. The minimum Gasteiger partial charge on any atom is -0.441 e. The number of nitrogens with one attached hydrogen (secondary N) is 1. The molecule has 0 aliphatic rings. The molecule has 0 spiro atoms. The third-order valence-corrected chi connectivity index (χ3v) is 7.79. The zero-order chi connectivity index (χ0) is 25.1. The van der Waals surface area contributed by atoms with E-state index in [-0.39, 0.29) is 6.10 Å². The van der Waals surface area contributed by atoms with E-state index >= 15 is 0 Å². The summed E-state index contributed by atoms with van der Waals surface area (Å²) in [7, 11) is 0. The lowest BCUT2D eigenvalue weighted by atomic mass is 10.0. The second-order valence-corrected chi connectivity index (χ2v) is 9.98. The molecule has 0 fully saturated rings. The first-order valence-electron chi connectivity index (χ1n) is 11.3. The fourth-order valence-electron chi connectivity index (χ4n) is 3.92. The minimum absolute atomic E-state index is 0.374. The molecule has 0 aliphatic carbocycles. The number of anilines is 1. The standard InChI is InChI=1S/C28H22N2O4S2/c1-17-26(29-28(32)34-18(2)19-6-4-3-5-7-19)27(36-30-17)23-11-9-20-14-22(10-8-21(20)15-23)24-12-13-25(35-24)33-16-31/h3-16,18H,1-2H3,(H,29,32). The number of benzene rings is 3. The van der Waals surface area contributed by atoms with Gasteiger partial charge < -0.3 is 9.47 Å². The lowest BCUT2D eigenvalue weighted by Crippen LogP contribution is -2.16. The van der Waals surface area contributed by atoms with Gasteiger partial charge in [0.15, 0.2) is 5.06 Å². The summed E-state index contributed by atoms with van der Waals surface area (Å²) in [4.78, 5) is 25.1. The molecule has 1 unspecified atom stereocenters. The molecule has 2 heterocycles. The average Bonchev–Trinajstić information content (AvgIpc) is 3.51. The third-order valence-electron chi connectivity index (χ3n) is 5.78. The van der Waals surface area contributed by atoms with Crippen LogP contribution in [0.1, 0.15) is 24.3 Å². The van der Waals surface area contributed by atoms with Crippen LogP contribution in [0.3, 0.4) is 0 Å². The molecule has 0 saturated carbocycles. The highest BCUT2D eigenvalue weighted by Gasteiger charge is 2.18. The Kier molecular flexibility index (Phi) is 6.79. The molecule has 36 heavy (non-hydrogen) atoms. The maximum atomic E-state index is 12.7. The van der Waals surface area contributed by atoms with E-state index in [1.807, 2.05) is 62.4 Å². The van der Waals surface area contributed by atoms with Crippen LogP contribution in [0, 0.1) is 6.92 Å².